The number of halogens is 6. The van der Waals surface area contributed by atoms with Crippen molar-refractivity contribution in [2.24, 2.45) is 0 Å². The second kappa shape index (κ2) is 11.2. The number of hydrogen-bond acceptors (Lipinski definition) is 4. The van der Waals surface area contributed by atoms with Crippen molar-refractivity contribution in [1.29, 1.82) is 0 Å². The van der Waals surface area contributed by atoms with Crippen LogP contribution in [-0.2, 0) is 24.0 Å². The second-order valence-corrected chi connectivity index (χ2v) is 8.42. The predicted molar refractivity (Wildman–Crippen MR) is 126 cm³/mol. The van der Waals surface area contributed by atoms with Crippen LogP contribution in [0, 0.1) is 17.5 Å². The van der Waals surface area contributed by atoms with E-state index in [4.69, 9.17) is 4.74 Å². The van der Waals surface area contributed by atoms with Crippen LogP contribution in [0.1, 0.15) is 16.7 Å². The maximum absolute atomic E-state index is 15.2. The van der Waals surface area contributed by atoms with Gasteiger partial charge < -0.3 is 9.47 Å². The number of fused-ring (bicyclic) bond motifs is 1. The molecule has 0 radical (unpaired) electrons. The van der Waals surface area contributed by atoms with Crippen LogP contribution < -0.4 is 4.74 Å². The van der Waals surface area contributed by atoms with Crippen LogP contribution in [0.3, 0.4) is 0 Å². The zero-order valence-corrected chi connectivity index (χ0v) is 19.7. The SMILES string of the molecule is COCCc1cnc(-c2ccc3c(F)c(CCc4cc(F)c(OCC(F)(F)F)c(F)c4)ccc3c2)nc1. The summed E-state index contributed by atoms with van der Waals surface area (Å²) in [5.74, 6) is -3.56. The minimum absolute atomic E-state index is 0.0666. The molecule has 0 fully saturated rings. The van der Waals surface area contributed by atoms with Crippen molar-refractivity contribution in [3.05, 3.63) is 89.0 Å². The van der Waals surface area contributed by atoms with Crippen LogP contribution >= 0.6 is 0 Å². The van der Waals surface area contributed by atoms with E-state index in [1.54, 1.807) is 49.8 Å². The van der Waals surface area contributed by atoms with Crippen molar-refractivity contribution in [2.45, 2.75) is 25.4 Å². The Balaban J connectivity index is 1.48. The topological polar surface area (TPSA) is 44.2 Å². The van der Waals surface area contributed by atoms with Crippen LogP contribution in [0.15, 0.2) is 54.9 Å². The third-order valence-electron chi connectivity index (χ3n) is 5.71. The number of methoxy groups -OCH3 is 1. The number of alkyl halides is 3. The first-order valence-electron chi connectivity index (χ1n) is 11.3. The summed E-state index contributed by atoms with van der Waals surface area (Å²) in [6.45, 7) is -1.25. The third-order valence-corrected chi connectivity index (χ3v) is 5.71. The summed E-state index contributed by atoms with van der Waals surface area (Å²) in [4.78, 5) is 8.74. The minimum atomic E-state index is -4.73. The lowest BCUT2D eigenvalue weighted by Gasteiger charge is -2.12. The predicted octanol–water partition coefficient (Wildman–Crippen LogP) is 6.63. The van der Waals surface area contributed by atoms with Gasteiger partial charge in [0.15, 0.2) is 29.8 Å². The summed E-state index contributed by atoms with van der Waals surface area (Å²) in [5.41, 5.74) is 2.15. The molecule has 3 aromatic carbocycles. The molecule has 37 heavy (non-hydrogen) atoms. The van der Waals surface area contributed by atoms with Crippen LogP contribution in [0.4, 0.5) is 26.3 Å². The highest BCUT2D eigenvalue weighted by molar-refractivity contribution is 5.87. The molecule has 0 amide bonds. The molecule has 0 spiro atoms. The first kappa shape index (κ1) is 26.4. The van der Waals surface area contributed by atoms with Crippen molar-refractivity contribution in [2.75, 3.05) is 20.3 Å². The van der Waals surface area contributed by atoms with Crippen molar-refractivity contribution in [3.8, 4) is 17.1 Å². The fraction of sp³-hybridized carbons (Fsp3) is 0.259. The molecule has 0 aliphatic heterocycles. The van der Waals surface area contributed by atoms with Gasteiger partial charge in [0.1, 0.15) is 5.82 Å². The molecule has 4 aromatic rings. The van der Waals surface area contributed by atoms with E-state index in [-0.39, 0.29) is 18.4 Å². The van der Waals surface area contributed by atoms with Gasteiger partial charge in [-0.25, -0.2) is 23.1 Å². The Labute approximate surface area is 208 Å². The third kappa shape index (κ3) is 6.56. The van der Waals surface area contributed by atoms with Crippen molar-refractivity contribution in [1.82, 2.24) is 9.97 Å². The second-order valence-electron chi connectivity index (χ2n) is 8.42. The standard InChI is InChI=1S/C27H22F6N2O2/c1-36-9-8-17-13-34-26(35-14-17)20-6-7-21-19(12-20)5-4-18(24(21)30)3-2-16-10-22(28)25(23(29)11-16)37-15-27(31,32)33/h4-7,10-14H,2-3,8-9,15H2,1H3. The van der Waals surface area contributed by atoms with E-state index >= 15 is 4.39 Å². The molecular formula is C27H22F6N2O2. The minimum Gasteiger partial charge on any atom is -0.478 e. The number of aromatic nitrogens is 2. The molecule has 4 nitrogen and oxygen atoms in total. The molecule has 0 atom stereocenters. The number of aryl methyl sites for hydroxylation is 2. The summed E-state index contributed by atoms with van der Waals surface area (Å²) in [7, 11) is 1.62. The Morgan fingerprint density at radius 3 is 2.16 bits per heavy atom. The lowest BCUT2D eigenvalue weighted by molar-refractivity contribution is -0.154. The Kier molecular flexibility index (Phi) is 7.97. The molecule has 0 bridgehead atoms. The maximum atomic E-state index is 15.2. The summed E-state index contributed by atoms with van der Waals surface area (Å²) in [6.07, 6.45) is -0.411. The smallest absolute Gasteiger partial charge is 0.422 e. The normalized spacial score (nSPS) is 11.8. The highest BCUT2D eigenvalue weighted by atomic mass is 19.4. The van der Waals surface area contributed by atoms with Gasteiger partial charge in [0.2, 0.25) is 0 Å². The van der Waals surface area contributed by atoms with Crippen LogP contribution in [0.25, 0.3) is 22.2 Å². The van der Waals surface area contributed by atoms with Gasteiger partial charge >= 0.3 is 6.18 Å². The first-order chi connectivity index (χ1) is 17.6. The lowest BCUT2D eigenvalue weighted by atomic mass is 9.98. The summed E-state index contributed by atoms with van der Waals surface area (Å²) < 4.78 is 89.6. The number of hydrogen-bond donors (Lipinski definition) is 0. The average Bonchev–Trinajstić information content (AvgIpc) is 2.86. The largest absolute Gasteiger partial charge is 0.478 e. The van der Waals surface area contributed by atoms with Crippen LogP contribution in [0.2, 0.25) is 0 Å². The molecule has 0 saturated heterocycles. The quantitative estimate of drug-likeness (QED) is 0.233. The van der Waals surface area contributed by atoms with Gasteiger partial charge in [0.05, 0.1) is 6.61 Å². The van der Waals surface area contributed by atoms with Gasteiger partial charge in [-0.3, -0.25) is 0 Å². The van der Waals surface area contributed by atoms with Crippen molar-refractivity contribution in [3.63, 3.8) is 0 Å². The molecule has 0 N–H and O–H groups in total. The van der Waals surface area contributed by atoms with Crippen LogP contribution in [-0.4, -0.2) is 36.5 Å². The van der Waals surface area contributed by atoms with Crippen molar-refractivity contribution < 1.29 is 35.8 Å². The number of rotatable bonds is 9. The van der Waals surface area contributed by atoms with Gasteiger partial charge in [0.25, 0.3) is 0 Å². The first-order valence-corrected chi connectivity index (χ1v) is 11.3. The molecule has 194 valence electrons. The lowest BCUT2D eigenvalue weighted by Crippen LogP contribution is -2.20. The van der Waals surface area contributed by atoms with Gasteiger partial charge in [0, 0.05) is 30.5 Å². The highest BCUT2D eigenvalue weighted by Crippen LogP contribution is 2.29. The van der Waals surface area contributed by atoms with Crippen LogP contribution in [0.5, 0.6) is 5.75 Å². The fourth-order valence-electron chi connectivity index (χ4n) is 3.85. The number of benzene rings is 3. The van der Waals surface area contributed by atoms with E-state index in [9.17, 15) is 22.0 Å². The molecular weight excluding hydrogens is 498 g/mol. The van der Waals surface area contributed by atoms with E-state index in [2.05, 4.69) is 14.7 Å². The van der Waals surface area contributed by atoms with E-state index in [1.807, 2.05) is 0 Å². The molecule has 0 saturated carbocycles. The fourth-order valence-corrected chi connectivity index (χ4v) is 3.85. The van der Waals surface area contributed by atoms with Gasteiger partial charge in [-0.05, 0) is 59.5 Å². The molecule has 1 heterocycles. The monoisotopic (exact) mass is 520 g/mol. The van der Waals surface area contributed by atoms with Crippen molar-refractivity contribution >= 4 is 10.8 Å². The average molecular weight is 520 g/mol. The molecule has 0 unspecified atom stereocenters. The zero-order chi connectivity index (χ0) is 26.6. The molecule has 4 rings (SSSR count). The summed E-state index contributed by atoms with van der Waals surface area (Å²) in [5, 5.41) is 1.00. The van der Waals surface area contributed by atoms with E-state index in [1.165, 1.54) is 0 Å². The molecule has 0 aliphatic carbocycles. The Bertz CT molecular complexity index is 1370. The van der Waals surface area contributed by atoms with E-state index in [0.717, 1.165) is 23.3 Å². The summed E-state index contributed by atoms with van der Waals surface area (Å²) in [6, 6.07) is 10.2. The number of nitrogens with zero attached hydrogens (tertiary/aromatic N) is 2. The van der Waals surface area contributed by atoms with Gasteiger partial charge in [-0.1, -0.05) is 24.3 Å². The molecule has 1 aromatic heterocycles. The maximum Gasteiger partial charge on any atom is 0.422 e. The number of ether oxygens (including phenoxy) is 2. The van der Waals surface area contributed by atoms with E-state index in [0.29, 0.717) is 35.2 Å². The Morgan fingerprint density at radius 2 is 1.51 bits per heavy atom. The van der Waals surface area contributed by atoms with Gasteiger partial charge in [-0.15, -0.1) is 0 Å². The molecule has 0 aliphatic rings. The highest BCUT2D eigenvalue weighted by Gasteiger charge is 2.30. The zero-order valence-electron chi connectivity index (χ0n) is 19.7. The summed E-state index contributed by atoms with van der Waals surface area (Å²) >= 11 is 0. The van der Waals surface area contributed by atoms with E-state index < -0.39 is 36.0 Å². The Hall–Kier alpha value is -3.66. The Morgan fingerprint density at radius 1 is 0.811 bits per heavy atom. The van der Waals surface area contributed by atoms with Gasteiger partial charge in [-0.2, -0.15) is 13.2 Å². The molecule has 10 heteroatoms.